The summed E-state index contributed by atoms with van der Waals surface area (Å²) in [5, 5.41) is 6.53. The van der Waals surface area contributed by atoms with Gasteiger partial charge in [-0.1, -0.05) is 30.3 Å². The Morgan fingerprint density at radius 3 is 2.36 bits per heavy atom. The van der Waals surface area contributed by atoms with Crippen LogP contribution in [-0.2, 0) is 9.59 Å². The molecule has 2 aliphatic heterocycles. The number of benzene rings is 1. The van der Waals surface area contributed by atoms with Gasteiger partial charge in [0.05, 0.1) is 12.5 Å². The minimum Gasteiger partial charge on any atom is -0.349 e. The normalized spacial score (nSPS) is 25.6. The topological polar surface area (TPSA) is 61.4 Å². The highest BCUT2D eigenvalue weighted by atomic mass is 35.5. The number of hydrogen-bond acceptors (Lipinski definition) is 3. The van der Waals surface area contributed by atoms with Gasteiger partial charge in [0, 0.05) is 32.1 Å². The van der Waals surface area contributed by atoms with Crippen molar-refractivity contribution in [1.29, 1.82) is 0 Å². The lowest BCUT2D eigenvalue weighted by Gasteiger charge is -2.36. The van der Waals surface area contributed by atoms with Gasteiger partial charge in [-0.3, -0.25) is 9.59 Å². The first-order valence-electron chi connectivity index (χ1n) is 8.86. The van der Waals surface area contributed by atoms with E-state index in [9.17, 15) is 9.59 Å². The van der Waals surface area contributed by atoms with Gasteiger partial charge in [-0.15, -0.1) is 12.4 Å². The molecule has 3 rings (SSSR count). The fourth-order valence-electron chi connectivity index (χ4n) is 4.05. The van der Waals surface area contributed by atoms with Crippen LogP contribution in [0.25, 0.3) is 0 Å². The van der Waals surface area contributed by atoms with E-state index in [1.165, 1.54) is 19.8 Å². The molecule has 6 heteroatoms. The molecule has 0 spiro atoms. The van der Waals surface area contributed by atoms with Crippen molar-refractivity contribution in [3.8, 4) is 0 Å². The standard InChI is InChI=1S/C19H27N3O2.ClH/c1-13(23)20-18(14-6-4-3-5-7-14)12-19(24)22(2)17-10-15-8-9-16(11-17)21-15;/h3-7,15-18,21H,8-12H2,1-2H3,(H,20,23);1H. The number of nitrogens with one attached hydrogen (secondary N) is 2. The summed E-state index contributed by atoms with van der Waals surface area (Å²) in [4.78, 5) is 26.2. The van der Waals surface area contributed by atoms with E-state index in [0.717, 1.165) is 18.4 Å². The highest BCUT2D eigenvalue weighted by Crippen LogP contribution is 2.30. The number of halogens is 1. The number of carbonyl (C=O) groups excluding carboxylic acids is 2. The highest BCUT2D eigenvalue weighted by molar-refractivity contribution is 5.85. The third kappa shape index (κ3) is 4.95. The summed E-state index contributed by atoms with van der Waals surface area (Å²) >= 11 is 0. The quantitative estimate of drug-likeness (QED) is 0.842. The lowest BCUT2D eigenvalue weighted by Crippen LogP contribution is -2.49. The summed E-state index contributed by atoms with van der Waals surface area (Å²) in [5.74, 6) is -0.0110. The van der Waals surface area contributed by atoms with Gasteiger partial charge in [0.1, 0.15) is 0 Å². The lowest BCUT2D eigenvalue weighted by atomic mass is 9.97. The van der Waals surface area contributed by atoms with Gasteiger partial charge in [-0.05, 0) is 31.2 Å². The molecule has 2 heterocycles. The van der Waals surface area contributed by atoms with E-state index in [0.29, 0.717) is 24.5 Å². The van der Waals surface area contributed by atoms with E-state index in [4.69, 9.17) is 0 Å². The van der Waals surface area contributed by atoms with Gasteiger partial charge in [-0.25, -0.2) is 0 Å². The summed E-state index contributed by atoms with van der Waals surface area (Å²) in [6, 6.07) is 10.9. The van der Waals surface area contributed by atoms with Crippen molar-refractivity contribution in [2.24, 2.45) is 0 Å². The van der Waals surface area contributed by atoms with Crippen LogP contribution in [0.4, 0.5) is 0 Å². The third-order valence-corrected chi connectivity index (χ3v) is 5.35. The Morgan fingerprint density at radius 2 is 1.80 bits per heavy atom. The summed E-state index contributed by atoms with van der Waals surface area (Å²) in [6.07, 6.45) is 4.83. The van der Waals surface area contributed by atoms with E-state index in [1.807, 2.05) is 42.3 Å². The van der Waals surface area contributed by atoms with Crippen molar-refractivity contribution in [3.05, 3.63) is 35.9 Å². The summed E-state index contributed by atoms with van der Waals surface area (Å²) in [6.45, 7) is 1.49. The molecule has 2 fully saturated rings. The Morgan fingerprint density at radius 1 is 1.20 bits per heavy atom. The maximum absolute atomic E-state index is 12.8. The number of hydrogen-bond donors (Lipinski definition) is 2. The van der Waals surface area contributed by atoms with E-state index in [2.05, 4.69) is 10.6 Å². The fraction of sp³-hybridized carbons (Fsp3) is 0.579. The first-order chi connectivity index (χ1) is 11.5. The van der Waals surface area contributed by atoms with Gasteiger partial charge in [0.25, 0.3) is 0 Å². The molecular weight excluding hydrogens is 338 g/mol. The number of fused-ring (bicyclic) bond motifs is 2. The van der Waals surface area contributed by atoms with E-state index >= 15 is 0 Å². The molecule has 2 N–H and O–H groups in total. The maximum atomic E-state index is 12.8. The van der Waals surface area contributed by atoms with Crippen LogP contribution in [0.2, 0.25) is 0 Å². The fourth-order valence-corrected chi connectivity index (χ4v) is 4.05. The van der Waals surface area contributed by atoms with Crippen molar-refractivity contribution in [2.75, 3.05) is 7.05 Å². The second-order valence-corrected chi connectivity index (χ2v) is 7.14. The van der Waals surface area contributed by atoms with E-state index < -0.39 is 0 Å². The molecule has 138 valence electrons. The maximum Gasteiger partial charge on any atom is 0.224 e. The number of carbonyl (C=O) groups is 2. The number of nitrogens with zero attached hydrogens (tertiary/aromatic N) is 1. The van der Waals surface area contributed by atoms with Crippen molar-refractivity contribution in [2.45, 2.75) is 63.2 Å². The average Bonchev–Trinajstić information content (AvgIpc) is 2.92. The Hall–Kier alpha value is -1.59. The minimum absolute atomic E-state index is 0. The third-order valence-electron chi connectivity index (χ3n) is 5.35. The van der Waals surface area contributed by atoms with Crippen LogP contribution in [-0.4, -0.2) is 41.9 Å². The zero-order valence-corrected chi connectivity index (χ0v) is 15.7. The molecule has 2 saturated heterocycles. The summed E-state index contributed by atoms with van der Waals surface area (Å²) in [5.41, 5.74) is 0.972. The van der Waals surface area contributed by atoms with Crippen LogP contribution in [0.5, 0.6) is 0 Å². The molecule has 0 saturated carbocycles. The summed E-state index contributed by atoms with van der Waals surface area (Å²) in [7, 11) is 1.91. The molecule has 1 aromatic carbocycles. The van der Waals surface area contributed by atoms with Gasteiger partial charge >= 0.3 is 0 Å². The molecule has 2 amide bonds. The second-order valence-electron chi connectivity index (χ2n) is 7.14. The number of rotatable bonds is 5. The predicted molar refractivity (Wildman–Crippen MR) is 101 cm³/mol. The van der Waals surface area contributed by atoms with Crippen LogP contribution in [0.15, 0.2) is 30.3 Å². The molecule has 3 atom stereocenters. The van der Waals surface area contributed by atoms with E-state index in [1.54, 1.807) is 0 Å². The Bertz CT molecular complexity index is 584. The summed E-state index contributed by atoms with van der Waals surface area (Å²) < 4.78 is 0. The molecule has 0 radical (unpaired) electrons. The van der Waals surface area contributed by atoms with Crippen LogP contribution in [0.3, 0.4) is 0 Å². The molecule has 0 aromatic heterocycles. The van der Waals surface area contributed by atoms with Crippen LogP contribution in [0, 0.1) is 0 Å². The molecule has 2 aliphatic rings. The first-order valence-corrected chi connectivity index (χ1v) is 8.86. The first kappa shape index (κ1) is 19.7. The van der Waals surface area contributed by atoms with Crippen LogP contribution >= 0.6 is 12.4 Å². The Balaban J connectivity index is 0.00000225. The van der Waals surface area contributed by atoms with Crippen molar-refractivity contribution >= 4 is 24.2 Å². The van der Waals surface area contributed by atoms with E-state index in [-0.39, 0.29) is 30.3 Å². The largest absolute Gasteiger partial charge is 0.349 e. The van der Waals surface area contributed by atoms with Gasteiger partial charge in [-0.2, -0.15) is 0 Å². The zero-order chi connectivity index (χ0) is 17.1. The molecule has 3 unspecified atom stereocenters. The molecular formula is C19H28ClN3O2. The minimum atomic E-state index is -0.267. The van der Waals surface area contributed by atoms with Crippen LogP contribution < -0.4 is 10.6 Å². The van der Waals surface area contributed by atoms with Crippen molar-refractivity contribution < 1.29 is 9.59 Å². The molecule has 25 heavy (non-hydrogen) atoms. The lowest BCUT2D eigenvalue weighted by molar-refractivity contribution is -0.133. The van der Waals surface area contributed by atoms with Gasteiger partial charge in [0.2, 0.25) is 11.8 Å². The van der Waals surface area contributed by atoms with Crippen molar-refractivity contribution in [1.82, 2.24) is 15.5 Å². The Kier molecular flexibility index (Phi) is 6.85. The van der Waals surface area contributed by atoms with Crippen molar-refractivity contribution in [3.63, 3.8) is 0 Å². The molecule has 1 aromatic rings. The average molecular weight is 366 g/mol. The Labute approximate surface area is 155 Å². The molecule has 0 aliphatic carbocycles. The smallest absolute Gasteiger partial charge is 0.224 e. The number of piperidine rings is 1. The van der Waals surface area contributed by atoms with Gasteiger partial charge < -0.3 is 15.5 Å². The monoisotopic (exact) mass is 365 g/mol. The van der Waals surface area contributed by atoms with Crippen LogP contribution in [0.1, 0.15) is 50.6 Å². The number of amides is 2. The second kappa shape index (κ2) is 8.68. The highest BCUT2D eigenvalue weighted by Gasteiger charge is 2.36. The predicted octanol–water partition coefficient (Wildman–Crippen LogP) is 2.42. The SMILES string of the molecule is CC(=O)NC(CC(=O)N(C)C1CC2CCC(C1)N2)c1ccccc1.Cl. The molecule has 5 nitrogen and oxygen atoms in total. The molecule has 2 bridgehead atoms. The van der Waals surface area contributed by atoms with Gasteiger partial charge in [0.15, 0.2) is 0 Å². The zero-order valence-electron chi connectivity index (χ0n) is 14.9.